The van der Waals surface area contributed by atoms with Crippen LogP contribution < -0.4 is 5.73 Å². The van der Waals surface area contributed by atoms with Crippen molar-refractivity contribution in [1.82, 2.24) is 0 Å². The highest BCUT2D eigenvalue weighted by Crippen LogP contribution is 1.96. The van der Waals surface area contributed by atoms with Gasteiger partial charge in [-0.05, 0) is 12.8 Å². The maximum Gasteiger partial charge on any atom is 0.322 e. The molecule has 0 aromatic carbocycles. The first kappa shape index (κ1) is 14.4. The lowest BCUT2D eigenvalue weighted by Gasteiger charge is -2.10. The molecule has 0 saturated heterocycles. The van der Waals surface area contributed by atoms with Gasteiger partial charge in [0, 0.05) is 6.61 Å². The number of unbranched alkanes of at least 4 members (excludes halogenated alkanes) is 1. The first-order valence-corrected chi connectivity index (χ1v) is 5.72. The standard InChI is InChI=1S/C11H23NO3/c1-3-5-7-14-8-9-15-11(13)10(12)6-4-2/h10H,3-9,12H2,1-2H3/t10-/m0/s1. The Balaban J connectivity index is 3.30. The van der Waals surface area contributed by atoms with E-state index >= 15 is 0 Å². The van der Waals surface area contributed by atoms with Crippen molar-refractivity contribution in [2.45, 2.75) is 45.6 Å². The van der Waals surface area contributed by atoms with Crippen LogP contribution in [0.25, 0.3) is 0 Å². The van der Waals surface area contributed by atoms with Gasteiger partial charge in [0.05, 0.1) is 6.61 Å². The number of esters is 1. The third kappa shape index (κ3) is 8.39. The van der Waals surface area contributed by atoms with Crippen LogP contribution in [0.2, 0.25) is 0 Å². The normalized spacial score (nSPS) is 12.5. The minimum absolute atomic E-state index is 0.306. The summed E-state index contributed by atoms with van der Waals surface area (Å²) in [6.45, 7) is 5.59. The predicted molar refractivity (Wildman–Crippen MR) is 59.6 cm³/mol. The van der Waals surface area contributed by atoms with Gasteiger partial charge in [0.2, 0.25) is 0 Å². The quantitative estimate of drug-likeness (QED) is 0.469. The minimum Gasteiger partial charge on any atom is -0.462 e. The second-order valence-corrected chi connectivity index (χ2v) is 3.53. The maximum atomic E-state index is 11.2. The van der Waals surface area contributed by atoms with Crippen LogP contribution in [-0.2, 0) is 14.3 Å². The first-order valence-electron chi connectivity index (χ1n) is 5.72. The van der Waals surface area contributed by atoms with E-state index in [4.69, 9.17) is 15.2 Å². The van der Waals surface area contributed by atoms with Gasteiger partial charge in [-0.2, -0.15) is 0 Å². The number of hydrogen-bond donors (Lipinski definition) is 1. The Bertz CT molecular complexity index is 162. The zero-order valence-electron chi connectivity index (χ0n) is 9.83. The van der Waals surface area contributed by atoms with Crippen LogP contribution in [0.15, 0.2) is 0 Å². The molecule has 0 spiro atoms. The van der Waals surface area contributed by atoms with Crippen molar-refractivity contribution >= 4 is 5.97 Å². The molecule has 0 bridgehead atoms. The average molecular weight is 217 g/mol. The molecule has 0 aromatic rings. The second-order valence-electron chi connectivity index (χ2n) is 3.53. The Morgan fingerprint density at radius 2 is 1.93 bits per heavy atom. The lowest BCUT2D eigenvalue weighted by atomic mass is 10.2. The molecule has 0 aliphatic carbocycles. The summed E-state index contributed by atoms with van der Waals surface area (Å²) in [6, 6.07) is -0.481. The van der Waals surface area contributed by atoms with E-state index in [0.717, 1.165) is 25.9 Å². The summed E-state index contributed by atoms with van der Waals surface area (Å²) in [5, 5.41) is 0. The molecule has 0 radical (unpaired) electrons. The highest BCUT2D eigenvalue weighted by molar-refractivity contribution is 5.75. The Labute approximate surface area is 92.1 Å². The van der Waals surface area contributed by atoms with Crippen LogP contribution >= 0.6 is 0 Å². The fourth-order valence-electron chi connectivity index (χ4n) is 1.09. The molecule has 0 rings (SSSR count). The smallest absolute Gasteiger partial charge is 0.322 e. The number of nitrogens with two attached hydrogens (primary N) is 1. The van der Waals surface area contributed by atoms with E-state index in [1.807, 2.05) is 6.92 Å². The van der Waals surface area contributed by atoms with Gasteiger partial charge < -0.3 is 15.2 Å². The molecule has 0 aliphatic heterocycles. The highest BCUT2D eigenvalue weighted by atomic mass is 16.6. The molecule has 4 nitrogen and oxygen atoms in total. The number of ether oxygens (including phenoxy) is 2. The molecule has 0 fully saturated rings. The molecule has 0 saturated carbocycles. The number of hydrogen-bond acceptors (Lipinski definition) is 4. The van der Waals surface area contributed by atoms with E-state index in [2.05, 4.69) is 6.92 Å². The van der Waals surface area contributed by atoms with Gasteiger partial charge >= 0.3 is 5.97 Å². The van der Waals surface area contributed by atoms with Crippen molar-refractivity contribution in [3.63, 3.8) is 0 Å². The van der Waals surface area contributed by atoms with Crippen LogP contribution in [0.1, 0.15) is 39.5 Å². The molecule has 2 N–H and O–H groups in total. The van der Waals surface area contributed by atoms with Crippen LogP contribution in [0, 0.1) is 0 Å². The van der Waals surface area contributed by atoms with Crippen molar-refractivity contribution in [3.8, 4) is 0 Å². The third-order valence-corrected chi connectivity index (χ3v) is 2.02. The molecule has 0 unspecified atom stereocenters. The van der Waals surface area contributed by atoms with E-state index in [9.17, 15) is 4.79 Å². The summed E-state index contributed by atoms with van der Waals surface area (Å²) < 4.78 is 10.2. The van der Waals surface area contributed by atoms with E-state index < -0.39 is 6.04 Å². The largest absolute Gasteiger partial charge is 0.462 e. The van der Waals surface area contributed by atoms with E-state index in [1.54, 1.807) is 0 Å². The van der Waals surface area contributed by atoms with Gasteiger partial charge in [-0.15, -0.1) is 0 Å². The molecule has 1 atom stereocenters. The number of rotatable bonds is 9. The lowest BCUT2D eigenvalue weighted by molar-refractivity contribution is -0.146. The molecule has 15 heavy (non-hydrogen) atoms. The first-order chi connectivity index (χ1) is 7.22. The maximum absolute atomic E-state index is 11.2. The summed E-state index contributed by atoms with van der Waals surface area (Å²) >= 11 is 0. The Hall–Kier alpha value is -0.610. The minimum atomic E-state index is -0.481. The topological polar surface area (TPSA) is 61.5 Å². The Morgan fingerprint density at radius 1 is 1.20 bits per heavy atom. The van der Waals surface area contributed by atoms with Crippen LogP contribution in [0.4, 0.5) is 0 Å². The van der Waals surface area contributed by atoms with Gasteiger partial charge in [-0.3, -0.25) is 4.79 Å². The van der Waals surface area contributed by atoms with Gasteiger partial charge in [-0.1, -0.05) is 26.7 Å². The summed E-state index contributed by atoms with van der Waals surface area (Å²) in [6.07, 6.45) is 3.73. The molecule has 0 aliphatic rings. The number of carbonyl (C=O) groups is 1. The fourth-order valence-corrected chi connectivity index (χ4v) is 1.09. The summed E-state index contributed by atoms with van der Waals surface area (Å²) in [5.74, 6) is -0.323. The van der Waals surface area contributed by atoms with Crippen molar-refractivity contribution in [1.29, 1.82) is 0 Å². The van der Waals surface area contributed by atoms with Crippen molar-refractivity contribution in [3.05, 3.63) is 0 Å². The number of carbonyl (C=O) groups excluding carboxylic acids is 1. The van der Waals surface area contributed by atoms with Crippen LogP contribution in [-0.4, -0.2) is 31.8 Å². The fraction of sp³-hybridized carbons (Fsp3) is 0.909. The third-order valence-electron chi connectivity index (χ3n) is 2.02. The Morgan fingerprint density at radius 3 is 2.53 bits per heavy atom. The molecular weight excluding hydrogens is 194 g/mol. The second kappa shape index (κ2) is 9.93. The van der Waals surface area contributed by atoms with Crippen molar-refractivity contribution in [2.75, 3.05) is 19.8 Å². The molecule has 0 amide bonds. The van der Waals surface area contributed by atoms with Crippen LogP contribution in [0.5, 0.6) is 0 Å². The summed E-state index contributed by atoms with van der Waals surface area (Å²) in [4.78, 5) is 11.2. The van der Waals surface area contributed by atoms with Gasteiger partial charge in [0.25, 0.3) is 0 Å². The average Bonchev–Trinajstić information content (AvgIpc) is 2.23. The van der Waals surface area contributed by atoms with Crippen LogP contribution in [0.3, 0.4) is 0 Å². The highest BCUT2D eigenvalue weighted by Gasteiger charge is 2.12. The van der Waals surface area contributed by atoms with Gasteiger partial charge in [-0.25, -0.2) is 0 Å². The van der Waals surface area contributed by atoms with Crippen molar-refractivity contribution < 1.29 is 14.3 Å². The Kier molecular flexibility index (Phi) is 9.52. The summed E-state index contributed by atoms with van der Waals surface area (Å²) in [5.41, 5.74) is 5.57. The van der Waals surface area contributed by atoms with E-state index in [-0.39, 0.29) is 5.97 Å². The molecule has 0 aromatic heterocycles. The molecule has 0 heterocycles. The van der Waals surface area contributed by atoms with E-state index in [1.165, 1.54) is 0 Å². The molecule has 4 heteroatoms. The van der Waals surface area contributed by atoms with Gasteiger partial charge in [0.1, 0.15) is 12.6 Å². The van der Waals surface area contributed by atoms with E-state index in [0.29, 0.717) is 19.6 Å². The SMILES string of the molecule is CCCCOCCOC(=O)[C@@H](N)CCC. The monoisotopic (exact) mass is 217 g/mol. The lowest BCUT2D eigenvalue weighted by Crippen LogP contribution is -2.32. The zero-order valence-corrected chi connectivity index (χ0v) is 9.83. The molecule has 90 valence electrons. The van der Waals surface area contributed by atoms with Crippen molar-refractivity contribution in [2.24, 2.45) is 5.73 Å². The predicted octanol–water partition coefficient (Wildman–Crippen LogP) is 1.47. The zero-order chi connectivity index (χ0) is 11.5. The summed E-state index contributed by atoms with van der Waals surface area (Å²) in [7, 11) is 0. The molecular formula is C11H23NO3. The van der Waals surface area contributed by atoms with Gasteiger partial charge in [0.15, 0.2) is 0 Å².